The molecule has 0 fully saturated rings. The van der Waals surface area contributed by atoms with Crippen molar-refractivity contribution in [3.05, 3.63) is 0 Å². The van der Waals surface area contributed by atoms with Crippen molar-refractivity contribution >= 4 is 5.97 Å². The summed E-state index contributed by atoms with van der Waals surface area (Å²) < 4.78 is 4.49. The number of carbonyl (C=O) groups excluding carboxylic acids is 1. The number of ether oxygens (including phenoxy) is 1. The number of carbonyl (C=O) groups is 1. The van der Waals surface area contributed by atoms with E-state index in [2.05, 4.69) is 10.1 Å². The van der Waals surface area contributed by atoms with Crippen molar-refractivity contribution in [2.75, 3.05) is 14.2 Å². The minimum Gasteiger partial charge on any atom is -0.468 e. The molecule has 3 heteroatoms. The van der Waals surface area contributed by atoms with Crippen molar-refractivity contribution in [2.45, 2.75) is 19.4 Å². The summed E-state index contributed by atoms with van der Waals surface area (Å²) in [6.07, 6.45) is 0.767. The molecule has 1 N–H and O–H groups in total. The van der Waals surface area contributed by atoms with Crippen molar-refractivity contribution in [1.82, 2.24) is 5.32 Å². The second-order valence-corrected chi connectivity index (χ2v) is 1.77. The largest absolute Gasteiger partial charge is 0.468 e. The van der Waals surface area contributed by atoms with E-state index in [0.717, 1.165) is 6.42 Å². The second-order valence-electron chi connectivity index (χ2n) is 1.77. The quantitative estimate of drug-likeness (QED) is 0.566. The van der Waals surface area contributed by atoms with Crippen molar-refractivity contribution in [3.8, 4) is 0 Å². The maximum absolute atomic E-state index is 10.7. The molecule has 1 unspecified atom stereocenters. The molecule has 0 amide bonds. The normalized spacial score (nSPS) is 12.8. The molecule has 0 radical (unpaired) electrons. The first-order valence-electron chi connectivity index (χ1n) is 3.01. The van der Waals surface area contributed by atoms with Gasteiger partial charge in [0, 0.05) is 1.43 Å². The van der Waals surface area contributed by atoms with Gasteiger partial charge >= 0.3 is 5.97 Å². The summed E-state index contributed by atoms with van der Waals surface area (Å²) in [5.41, 5.74) is 0. The van der Waals surface area contributed by atoms with Crippen molar-refractivity contribution < 1.29 is 11.0 Å². The summed E-state index contributed by atoms with van der Waals surface area (Å²) >= 11 is 0. The predicted octanol–water partition coefficient (Wildman–Crippen LogP) is 0.403. The molecular formula is C6H15NO2. The third-order valence-electron chi connectivity index (χ3n) is 1.24. The smallest absolute Gasteiger partial charge is 0.322 e. The Morgan fingerprint density at radius 2 is 2.44 bits per heavy atom. The topological polar surface area (TPSA) is 38.3 Å². The van der Waals surface area contributed by atoms with E-state index in [-0.39, 0.29) is 13.4 Å². The number of esters is 1. The third kappa shape index (κ3) is 2.46. The molecule has 0 aliphatic carbocycles. The molecule has 0 aromatic carbocycles. The van der Waals surface area contributed by atoms with E-state index in [1.54, 1.807) is 7.05 Å². The minimum absolute atomic E-state index is 0. The molecule has 0 aliphatic heterocycles. The number of hydrogen-bond acceptors (Lipinski definition) is 3. The van der Waals surface area contributed by atoms with Gasteiger partial charge < -0.3 is 10.1 Å². The lowest BCUT2D eigenvalue weighted by molar-refractivity contribution is -0.143. The zero-order valence-corrected chi connectivity index (χ0v) is 6.10. The first-order valence-corrected chi connectivity index (χ1v) is 3.01. The first-order chi connectivity index (χ1) is 4.26. The summed E-state index contributed by atoms with van der Waals surface area (Å²) in [5, 5.41) is 2.83. The number of nitrogens with one attached hydrogen (secondary N) is 1. The third-order valence-corrected chi connectivity index (χ3v) is 1.24. The Balaban J connectivity index is 0. The molecule has 0 aromatic heterocycles. The molecule has 9 heavy (non-hydrogen) atoms. The van der Waals surface area contributed by atoms with Crippen LogP contribution in [0.2, 0.25) is 0 Å². The molecule has 1 atom stereocenters. The van der Waals surface area contributed by atoms with E-state index < -0.39 is 0 Å². The van der Waals surface area contributed by atoms with E-state index in [1.165, 1.54) is 7.11 Å². The average Bonchev–Trinajstić information content (AvgIpc) is 1.90. The van der Waals surface area contributed by atoms with Crippen LogP contribution in [-0.2, 0) is 9.53 Å². The van der Waals surface area contributed by atoms with E-state index in [0.29, 0.717) is 0 Å². The molecule has 0 aliphatic rings. The van der Waals surface area contributed by atoms with Crippen LogP contribution in [-0.4, -0.2) is 26.2 Å². The predicted molar refractivity (Wildman–Crippen MR) is 37.3 cm³/mol. The van der Waals surface area contributed by atoms with Gasteiger partial charge in [-0.05, 0) is 13.5 Å². The molecule has 3 nitrogen and oxygen atoms in total. The zero-order valence-electron chi connectivity index (χ0n) is 6.10. The molecule has 0 rings (SSSR count). The second kappa shape index (κ2) is 4.32. The zero-order chi connectivity index (χ0) is 7.28. The average molecular weight is 133 g/mol. The lowest BCUT2D eigenvalue weighted by Crippen LogP contribution is -2.34. The number of likely N-dealkylation sites (N-methyl/N-ethyl adjacent to an activating group) is 1. The van der Waals surface area contributed by atoms with Crippen LogP contribution in [0.1, 0.15) is 14.8 Å². The van der Waals surface area contributed by atoms with Gasteiger partial charge in [-0.3, -0.25) is 4.79 Å². The molecule has 0 aromatic rings. The van der Waals surface area contributed by atoms with Gasteiger partial charge in [0.25, 0.3) is 0 Å². The highest BCUT2D eigenvalue weighted by atomic mass is 16.5. The standard InChI is InChI=1S/C6H13NO2.H2/c1-4-5(7-2)6(8)9-3;/h5,7H,4H2,1-3H3;1H. The summed E-state index contributed by atoms with van der Waals surface area (Å²) in [5.74, 6) is -0.194. The SMILES string of the molecule is CCC(NC)C(=O)OC.[HH]. The lowest BCUT2D eigenvalue weighted by atomic mass is 10.2. The summed E-state index contributed by atoms with van der Waals surface area (Å²) in [6.45, 7) is 1.93. The van der Waals surface area contributed by atoms with Crippen LogP contribution in [0.25, 0.3) is 0 Å². The van der Waals surface area contributed by atoms with Gasteiger partial charge in [0.2, 0.25) is 0 Å². The van der Waals surface area contributed by atoms with Gasteiger partial charge in [-0.25, -0.2) is 0 Å². The minimum atomic E-state index is -0.194. The van der Waals surface area contributed by atoms with Crippen LogP contribution < -0.4 is 5.32 Å². The van der Waals surface area contributed by atoms with Crippen LogP contribution in [0.3, 0.4) is 0 Å². The van der Waals surface area contributed by atoms with Gasteiger partial charge in [0.1, 0.15) is 6.04 Å². The fourth-order valence-corrected chi connectivity index (χ4v) is 0.631. The Morgan fingerprint density at radius 1 is 1.89 bits per heavy atom. The summed E-state index contributed by atoms with van der Waals surface area (Å²) in [7, 11) is 3.13. The molecule has 0 heterocycles. The monoisotopic (exact) mass is 133 g/mol. The number of methoxy groups -OCH3 is 1. The molecule has 0 spiro atoms. The van der Waals surface area contributed by atoms with Crippen molar-refractivity contribution in [1.29, 1.82) is 0 Å². The fraction of sp³-hybridized carbons (Fsp3) is 0.833. The van der Waals surface area contributed by atoms with Crippen LogP contribution in [0, 0.1) is 0 Å². The van der Waals surface area contributed by atoms with E-state index >= 15 is 0 Å². The van der Waals surface area contributed by atoms with E-state index in [9.17, 15) is 4.79 Å². The van der Waals surface area contributed by atoms with Crippen LogP contribution in [0.15, 0.2) is 0 Å². The molecular weight excluding hydrogens is 118 g/mol. The van der Waals surface area contributed by atoms with Crippen molar-refractivity contribution in [2.24, 2.45) is 0 Å². The Morgan fingerprint density at radius 3 is 2.56 bits per heavy atom. The Kier molecular flexibility index (Phi) is 4.05. The molecule has 0 saturated carbocycles. The Hall–Kier alpha value is -0.570. The van der Waals surface area contributed by atoms with Gasteiger partial charge in [-0.2, -0.15) is 0 Å². The highest BCUT2D eigenvalue weighted by Crippen LogP contribution is 1.90. The van der Waals surface area contributed by atoms with Crippen LogP contribution >= 0.6 is 0 Å². The van der Waals surface area contributed by atoms with Crippen LogP contribution in [0.5, 0.6) is 0 Å². The maximum atomic E-state index is 10.7. The first kappa shape index (κ1) is 8.43. The fourth-order valence-electron chi connectivity index (χ4n) is 0.631. The van der Waals surface area contributed by atoms with Gasteiger partial charge in [-0.1, -0.05) is 6.92 Å². The van der Waals surface area contributed by atoms with Gasteiger partial charge in [-0.15, -0.1) is 0 Å². The highest BCUT2D eigenvalue weighted by Gasteiger charge is 2.12. The number of hydrogen-bond donors (Lipinski definition) is 1. The maximum Gasteiger partial charge on any atom is 0.322 e. The van der Waals surface area contributed by atoms with E-state index in [1.807, 2.05) is 6.92 Å². The van der Waals surface area contributed by atoms with E-state index in [4.69, 9.17) is 0 Å². The molecule has 56 valence electrons. The van der Waals surface area contributed by atoms with Crippen molar-refractivity contribution in [3.63, 3.8) is 0 Å². The van der Waals surface area contributed by atoms with Crippen LogP contribution in [0.4, 0.5) is 0 Å². The molecule has 0 saturated heterocycles. The summed E-state index contributed by atoms with van der Waals surface area (Å²) in [6, 6.07) is -0.144. The van der Waals surface area contributed by atoms with Gasteiger partial charge in [0.05, 0.1) is 7.11 Å². The summed E-state index contributed by atoms with van der Waals surface area (Å²) in [4.78, 5) is 10.7. The molecule has 0 bridgehead atoms. The Labute approximate surface area is 56.9 Å². The van der Waals surface area contributed by atoms with Gasteiger partial charge in [0.15, 0.2) is 0 Å². The lowest BCUT2D eigenvalue weighted by Gasteiger charge is -2.09. The Bertz CT molecular complexity index is 93.7. The number of rotatable bonds is 3. The highest BCUT2D eigenvalue weighted by molar-refractivity contribution is 5.75.